The van der Waals surface area contributed by atoms with Gasteiger partial charge in [0.2, 0.25) is 15.8 Å². The van der Waals surface area contributed by atoms with E-state index >= 15 is 8.78 Å². The number of halogens is 2. The van der Waals surface area contributed by atoms with Crippen molar-refractivity contribution in [3.63, 3.8) is 0 Å². The van der Waals surface area contributed by atoms with E-state index in [1.807, 2.05) is 52.8 Å². The van der Waals surface area contributed by atoms with Crippen LogP contribution < -0.4 is 24.2 Å². The van der Waals surface area contributed by atoms with E-state index in [2.05, 4.69) is 55.5 Å². The van der Waals surface area contributed by atoms with Crippen molar-refractivity contribution in [1.82, 2.24) is 29.4 Å². The van der Waals surface area contributed by atoms with Crippen molar-refractivity contribution >= 4 is 93.3 Å². The second kappa shape index (κ2) is 37.1. The van der Waals surface area contributed by atoms with E-state index in [0.29, 0.717) is 98.4 Å². The molecule has 9 N–H and O–H groups in total. The highest BCUT2D eigenvalue weighted by Gasteiger charge is 2.83. The van der Waals surface area contributed by atoms with E-state index in [-0.39, 0.29) is 105 Å². The third-order valence-electron chi connectivity index (χ3n) is 40.1. The lowest BCUT2D eigenvalue weighted by molar-refractivity contribution is -0.245. The first-order valence-electron chi connectivity index (χ1n) is 52.8. The van der Waals surface area contributed by atoms with Crippen LogP contribution in [0, 0.1) is 108 Å². The molecule has 6 heterocycles. The first-order valence-corrected chi connectivity index (χ1v) is 56.6. The van der Waals surface area contributed by atoms with Crippen LogP contribution in [0.4, 0.5) is 13.9 Å². The van der Waals surface area contributed by atoms with Crippen molar-refractivity contribution in [3.8, 4) is 11.5 Å². The number of allylic oxidation sites excluding steroid dienone is 16. The van der Waals surface area contributed by atoms with Crippen LogP contribution in [0.3, 0.4) is 0 Å². The van der Waals surface area contributed by atoms with Gasteiger partial charge in [0.1, 0.15) is 44.6 Å². The monoisotopic (exact) mass is 2120 g/mol. The Balaban J connectivity index is 0.000000121. The van der Waals surface area contributed by atoms with Crippen molar-refractivity contribution < 1.29 is 123 Å². The number of amides is 1. The lowest BCUT2D eigenvalue weighted by atomic mass is 9.44. The van der Waals surface area contributed by atoms with E-state index in [1.54, 1.807) is 121 Å². The number of nitrogens with one attached hydrogen (secondary N) is 3. The predicted molar refractivity (Wildman–Crippen MR) is 546 cm³/mol. The van der Waals surface area contributed by atoms with Crippen LogP contribution in [0.15, 0.2) is 197 Å². The molecule has 31 atom stereocenters. The highest BCUT2D eigenvalue weighted by atomic mass is 32.2. The van der Waals surface area contributed by atoms with Gasteiger partial charge in [-0.25, -0.2) is 50.0 Å². The maximum absolute atomic E-state index is 17.5. The van der Waals surface area contributed by atoms with E-state index in [1.165, 1.54) is 78.5 Å². The van der Waals surface area contributed by atoms with E-state index in [0.717, 1.165) is 53.8 Å². The number of aliphatic hydroxyl groups excluding tert-OH is 4. The van der Waals surface area contributed by atoms with Crippen LogP contribution in [0.2, 0.25) is 0 Å². The smallest absolute Gasteiger partial charge is 0.258 e. The Hall–Kier alpha value is -9.48. The number of rotatable bonds is 18. The molecule has 31 nitrogen and oxygen atoms in total. The van der Waals surface area contributed by atoms with Gasteiger partial charge in [0, 0.05) is 91.8 Å². The molecule has 1 amide bonds. The summed E-state index contributed by atoms with van der Waals surface area (Å²) in [6, 6.07) is 18.1. The molecule has 12 saturated carbocycles. The molecule has 23 rings (SSSR count). The van der Waals surface area contributed by atoms with Gasteiger partial charge in [-0.15, -0.1) is 0 Å². The summed E-state index contributed by atoms with van der Waals surface area (Å²) in [6.07, 6.45) is 27.1. The highest BCUT2D eigenvalue weighted by Crippen LogP contribution is 2.77. The quantitative estimate of drug-likeness (QED) is 0.0393. The van der Waals surface area contributed by atoms with Gasteiger partial charge in [-0.2, -0.15) is 0 Å². The second-order valence-electron chi connectivity index (χ2n) is 48.2. The van der Waals surface area contributed by atoms with Gasteiger partial charge in [0.25, 0.3) is 15.9 Å². The molecule has 18 aliphatic rings. The molecule has 0 bridgehead atoms. The number of aromatic nitrogens is 4. The van der Waals surface area contributed by atoms with E-state index < -0.39 is 194 Å². The Labute approximate surface area is 876 Å². The summed E-state index contributed by atoms with van der Waals surface area (Å²) >= 11 is 1.29. The molecular weight excluding hydrogens is 1990 g/mol. The zero-order valence-corrected chi connectivity index (χ0v) is 89.5. The zero-order chi connectivity index (χ0) is 108. The Kier molecular flexibility index (Phi) is 26.6. The molecule has 150 heavy (non-hydrogen) atoms. The summed E-state index contributed by atoms with van der Waals surface area (Å²) in [7, 11) is -8.13. The largest absolute Gasteiger partial charge is 0.494 e. The fourth-order valence-corrected chi connectivity index (χ4v) is 36.1. The molecule has 4 aromatic heterocycles. The van der Waals surface area contributed by atoms with Crippen LogP contribution in [-0.4, -0.2) is 222 Å². The van der Waals surface area contributed by atoms with Crippen molar-refractivity contribution in [2.45, 2.75) is 298 Å². The number of thiazole rings is 1. The minimum absolute atomic E-state index is 0.0104. The van der Waals surface area contributed by atoms with Gasteiger partial charge in [-0.1, -0.05) is 112 Å². The second-order valence-corrected chi connectivity index (χ2v) is 52.7. The topological polar surface area (TPSA) is 469 Å². The summed E-state index contributed by atoms with van der Waals surface area (Å²) in [6.45, 7) is 25.4. The number of ether oxygens (including phenoxy) is 6. The fourth-order valence-electron chi connectivity index (χ4n) is 33.4. The number of nitrogens with zero attached hydrogens (tertiary/aromatic N) is 4. The van der Waals surface area contributed by atoms with E-state index in [9.17, 15) is 85.8 Å². The predicted octanol–water partition coefficient (Wildman–Crippen LogP) is 13.5. The van der Waals surface area contributed by atoms with Crippen LogP contribution in [0.1, 0.15) is 206 Å². The molecule has 0 radical (unpaired) electrons. The number of alkyl halides is 2. The number of benzene rings is 1. The molecule has 5 aromatic rings. The normalized spacial score (nSPS) is 42.3. The number of ketones is 7. The molecule has 14 fully saturated rings. The van der Waals surface area contributed by atoms with Crippen LogP contribution >= 0.6 is 11.3 Å². The van der Waals surface area contributed by atoms with Gasteiger partial charge in [-0.3, -0.25) is 48.7 Å². The molecule has 2 saturated heterocycles. The van der Waals surface area contributed by atoms with Crippen LogP contribution in [0.5, 0.6) is 11.5 Å². The Morgan fingerprint density at radius 1 is 0.507 bits per heavy atom. The first-order chi connectivity index (χ1) is 70.4. The minimum Gasteiger partial charge on any atom is -0.494 e. The third-order valence-corrected chi connectivity index (χ3v) is 43.7. The molecule has 16 aliphatic carbocycles. The average molecular weight is 2120 g/mol. The molecule has 0 spiro atoms. The summed E-state index contributed by atoms with van der Waals surface area (Å²) in [4.78, 5) is 121. The lowest BCUT2D eigenvalue weighted by Gasteiger charge is -2.62. The molecule has 2 aliphatic heterocycles. The number of carbonyl (C=O) groups is 8. The number of anilines is 1. The number of hydrogen-bond acceptors (Lipinski definition) is 29. The van der Waals surface area contributed by atoms with Crippen molar-refractivity contribution in [3.05, 3.63) is 187 Å². The fraction of sp³-hybridized carbons (Fsp3) is 0.596. The highest BCUT2D eigenvalue weighted by molar-refractivity contribution is 7.89. The summed E-state index contributed by atoms with van der Waals surface area (Å²) in [5.74, 6) is -4.62. The molecule has 36 heteroatoms. The Morgan fingerprint density at radius 3 is 1.53 bits per heavy atom. The number of sulfonamides is 2. The average Bonchev–Trinajstić information content (AvgIpc) is 1.49. The first kappa shape index (κ1) is 107. The van der Waals surface area contributed by atoms with Gasteiger partial charge in [-0.05, 0) is 308 Å². The number of pyridine rings is 3. The number of aliphatic hydroxyl groups is 6. The standard InChI is InChI=1S/C30H38O6.2C29H35FN2O7S.C26H29N3O4S/c1-5-35-20-6-8-21(9-7-20)36-17-26(33)30(34)13-11-23-22-14-18(2)24-15-19(31)10-12-28(24,3)27(22)25(32)16-29(23,30)4;1-25(2)38-24-13-21-20-8-7-17-12-18(33)9-10-26(17,3)28(20,30)22(34)14-27(21,4)29(24,39-25)23(35)16-32-40(36,37)19-6-5-11-31-15-19;1-25(2)38-23-14-20-19-9-8-17-13-18(33)10-11-26(17,3)28(19,30)21(34)15-27(20,4)29(23,39-25)22(35)16-32-40(36,37)24-7-5-6-12-31-24;1-24-9-7-15(30)12-14(24)5-6-16-17-8-10-26(33,25(17,2)13-19(31)20(16)24)22(32)29-23-28-18-4-3-11-27-21(18)34-23/h6-10,12,15,18,22-23,25,27,32,34H,5,11,13-14,16-17H2,1-4H3;5-6,9-12,15,20-22,24,32,34H,7-8,13-14,16H2,1-4H3;5-7,10-13,19-21,23,32,34H,8-9,14-16H2,1-4H3;3-4,7,9,11-12,16-17,19-20,31,33H,5-6,8,10,13H2,1-2H3,(H,28,29,32)/t18-,22?,23?,25-,27+,28?,29?,30-;20?,21?,22-,24+,26?,27?,28-,29+;19?,20?,21-,23+,26?,27?,28-,29+;16?,17?,19-,20?,24?,25?,26-/m0000/s1. The molecular formula is C114H137F2N7O24S3. The molecule has 17 unspecified atom stereocenters. The minimum atomic E-state index is -4.09. The Morgan fingerprint density at radius 2 is 0.993 bits per heavy atom. The number of Topliss-reactive ketones (excluding diaryl/α,β-unsaturated/α-hetero) is 3. The molecule has 804 valence electrons. The Bertz CT molecular complexity index is 6630. The lowest BCUT2D eigenvalue weighted by Crippen LogP contribution is -2.70. The zero-order valence-electron chi connectivity index (χ0n) is 87.1. The van der Waals surface area contributed by atoms with Crippen molar-refractivity contribution in [2.75, 3.05) is 31.6 Å². The maximum atomic E-state index is 17.5. The number of carbonyl (C=O) groups excluding carboxylic acids is 8. The maximum Gasteiger partial charge on any atom is 0.258 e. The van der Waals surface area contributed by atoms with Crippen molar-refractivity contribution in [1.29, 1.82) is 0 Å². The van der Waals surface area contributed by atoms with Gasteiger partial charge in [0.05, 0.1) is 56.3 Å². The summed E-state index contributed by atoms with van der Waals surface area (Å²) < 4.78 is 128. The van der Waals surface area contributed by atoms with Crippen molar-refractivity contribution in [2.24, 2.45) is 108 Å². The van der Waals surface area contributed by atoms with Gasteiger partial charge in [0.15, 0.2) is 79.0 Å². The third kappa shape index (κ3) is 16.2. The van der Waals surface area contributed by atoms with E-state index in [4.69, 9.17) is 28.4 Å². The van der Waals surface area contributed by atoms with Crippen LogP contribution in [-0.2, 0) is 77.4 Å². The summed E-state index contributed by atoms with van der Waals surface area (Å²) in [5, 5.41) is 73.1. The SMILES string of the molecule is CC1(C)O[C@@H]2CC3C4CCC5=CC(=O)C=CC5(C)[C@@]4(F)[C@@H](O)CC3(C)[C@]2(C(=O)CNS(=O)(=O)c2ccccn2)O1.CC1(C)O[C@@H]2CC3C4CCC5=CC(=O)C=CC5(C)[C@@]4(F)[C@@H](O)CC3(C)[C@]2(C(=O)CNS(=O)(=O)c2cccnc2)O1.CC12C=CC(=O)C=C1CCC1C2[C@@H](O)CC2(C)C1CC[C@]2(O)C(=O)Nc1nc2cccnc2s1.CCOc1ccc(OCC(=O)[C@@]2(O)CCC3C4C[C@H](C)C5=CC(=O)C=CC5(C)[C@H]4[C@@H](O)CC32C)cc1. The molecule has 1 aromatic carbocycles. The summed E-state index contributed by atoms with van der Waals surface area (Å²) in [5.41, 5.74) is -12.9. The number of hydrogen-bond donors (Lipinski definition) is 9. The van der Waals surface area contributed by atoms with Gasteiger partial charge >= 0.3 is 0 Å². The van der Waals surface area contributed by atoms with Crippen LogP contribution in [0.25, 0.3) is 10.3 Å². The van der Waals surface area contributed by atoms with Gasteiger partial charge < -0.3 is 59.1 Å². The number of fused-ring (bicyclic) bond motifs is 25.